The van der Waals surface area contributed by atoms with Gasteiger partial charge in [-0.15, -0.1) is 6.42 Å². The molecule has 2 aromatic rings. The van der Waals surface area contributed by atoms with Crippen LogP contribution >= 0.6 is 15.9 Å². The van der Waals surface area contributed by atoms with Crippen molar-refractivity contribution in [1.29, 1.82) is 0 Å². The first kappa shape index (κ1) is 11.0. The van der Waals surface area contributed by atoms with Crippen LogP contribution < -0.4 is 0 Å². The van der Waals surface area contributed by atoms with E-state index in [4.69, 9.17) is 6.42 Å². The van der Waals surface area contributed by atoms with E-state index in [9.17, 15) is 0 Å². The second-order valence-electron chi connectivity index (χ2n) is 3.53. The summed E-state index contributed by atoms with van der Waals surface area (Å²) >= 11 is 3.66. The van der Waals surface area contributed by atoms with Crippen molar-refractivity contribution in [3.63, 3.8) is 0 Å². The van der Waals surface area contributed by atoms with Crippen molar-refractivity contribution in [2.45, 2.75) is 4.32 Å². The maximum atomic E-state index is 5.67. The highest BCUT2D eigenvalue weighted by molar-refractivity contribution is 9.10. The summed E-state index contributed by atoms with van der Waals surface area (Å²) in [6, 6.07) is 20.1. The zero-order valence-corrected chi connectivity index (χ0v) is 10.3. The van der Waals surface area contributed by atoms with Gasteiger partial charge in [0.2, 0.25) is 0 Å². The fourth-order valence-electron chi connectivity index (χ4n) is 1.67. The highest BCUT2D eigenvalue weighted by atomic mass is 79.9. The molecule has 0 N–H and O–H groups in total. The highest BCUT2D eigenvalue weighted by Gasteiger charge is 2.28. The summed E-state index contributed by atoms with van der Waals surface area (Å²) in [7, 11) is 0. The van der Waals surface area contributed by atoms with E-state index in [1.807, 2.05) is 60.7 Å². The molecule has 0 heterocycles. The molecule has 0 aliphatic heterocycles. The van der Waals surface area contributed by atoms with Gasteiger partial charge in [0.25, 0.3) is 0 Å². The summed E-state index contributed by atoms with van der Waals surface area (Å²) < 4.78 is -0.532. The van der Waals surface area contributed by atoms with Crippen molar-refractivity contribution in [3.05, 3.63) is 71.8 Å². The van der Waals surface area contributed by atoms with Crippen LogP contribution in [0.2, 0.25) is 0 Å². The Morgan fingerprint density at radius 2 is 1.19 bits per heavy atom. The first-order valence-corrected chi connectivity index (χ1v) is 5.84. The van der Waals surface area contributed by atoms with Crippen molar-refractivity contribution in [2.75, 3.05) is 0 Å². The van der Waals surface area contributed by atoms with Gasteiger partial charge in [-0.3, -0.25) is 0 Å². The molecule has 0 aromatic heterocycles. The molecule has 0 spiro atoms. The molecular weight excluding hydrogens is 260 g/mol. The number of terminal acetylenes is 1. The second kappa shape index (κ2) is 4.55. The van der Waals surface area contributed by atoms with E-state index in [0.717, 1.165) is 11.1 Å². The Kier molecular flexibility index (Phi) is 3.12. The number of halogens is 1. The van der Waals surface area contributed by atoms with Crippen LogP contribution in [0.5, 0.6) is 0 Å². The lowest BCUT2D eigenvalue weighted by Crippen LogP contribution is -2.16. The summed E-state index contributed by atoms with van der Waals surface area (Å²) in [5.41, 5.74) is 2.15. The molecule has 0 aliphatic carbocycles. The van der Waals surface area contributed by atoms with Crippen molar-refractivity contribution < 1.29 is 0 Å². The van der Waals surface area contributed by atoms with Crippen molar-refractivity contribution >= 4 is 15.9 Å². The zero-order valence-electron chi connectivity index (χ0n) is 8.73. The summed E-state index contributed by atoms with van der Waals surface area (Å²) in [6.07, 6.45) is 5.67. The number of hydrogen-bond acceptors (Lipinski definition) is 0. The summed E-state index contributed by atoms with van der Waals surface area (Å²) in [4.78, 5) is 0. The number of hydrogen-bond donors (Lipinski definition) is 0. The molecule has 0 nitrogen and oxygen atoms in total. The second-order valence-corrected chi connectivity index (χ2v) is 4.72. The third-order valence-corrected chi connectivity index (χ3v) is 3.69. The average Bonchev–Trinajstić information content (AvgIpc) is 2.40. The van der Waals surface area contributed by atoms with Crippen LogP contribution in [0.1, 0.15) is 11.1 Å². The molecule has 0 radical (unpaired) electrons. The molecule has 1 heteroatoms. The first-order valence-electron chi connectivity index (χ1n) is 5.05. The van der Waals surface area contributed by atoms with Gasteiger partial charge in [-0.25, -0.2) is 0 Å². The minimum atomic E-state index is -0.532. The molecule has 2 aromatic carbocycles. The Balaban J connectivity index is 2.55. The Hall–Kier alpha value is -1.52. The first-order chi connectivity index (χ1) is 7.77. The van der Waals surface area contributed by atoms with E-state index in [-0.39, 0.29) is 0 Å². The van der Waals surface area contributed by atoms with Crippen LogP contribution in [0.25, 0.3) is 0 Å². The third-order valence-electron chi connectivity index (χ3n) is 2.54. The number of rotatable bonds is 2. The van der Waals surface area contributed by atoms with Gasteiger partial charge in [0.15, 0.2) is 0 Å². The molecule has 0 aliphatic rings. The van der Waals surface area contributed by atoms with E-state index >= 15 is 0 Å². The Labute approximate surface area is 104 Å². The predicted molar refractivity (Wildman–Crippen MR) is 71.4 cm³/mol. The van der Waals surface area contributed by atoms with Crippen LogP contribution in [0.4, 0.5) is 0 Å². The molecule has 0 unspecified atom stereocenters. The van der Waals surface area contributed by atoms with Gasteiger partial charge in [-0.1, -0.05) is 82.5 Å². The minimum absolute atomic E-state index is 0.532. The van der Waals surface area contributed by atoms with E-state index < -0.39 is 4.32 Å². The number of benzene rings is 2. The quantitative estimate of drug-likeness (QED) is 0.573. The van der Waals surface area contributed by atoms with Crippen LogP contribution in [0, 0.1) is 12.3 Å². The van der Waals surface area contributed by atoms with E-state index in [1.54, 1.807) is 0 Å². The van der Waals surface area contributed by atoms with Crippen LogP contribution in [-0.2, 0) is 4.32 Å². The van der Waals surface area contributed by atoms with Gasteiger partial charge >= 0.3 is 0 Å². The lowest BCUT2D eigenvalue weighted by molar-refractivity contribution is 1.00. The average molecular weight is 271 g/mol. The van der Waals surface area contributed by atoms with Gasteiger partial charge in [0.1, 0.15) is 4.32 Å². The SMILES string of the molecule is C#CC(Br)(c1ccccc1)c1ccccc1. The molecule has 16 heavy (non-hydrogen) atoms. The highest BCUT2D eigenvalue weighted by Crippen LogP contribution is 2.37. The van der Waals surface area contributed by atoms with Crippen molar-refractivity contribution in [3.8, 4) is 12.3 Å². The maximum Gasteiger partial charge on any atom is 0.136 e. The Morgan fingerprint density at radius 1 is 0.812 bits per heavy atom. The molecule has 0 saturated heterocycles. The summed E-state index contributed by atoms with van der Waals surface area (Å²) in [5.74, 6) is 2.83. The van der Waals surface area contributed by atoms with Gasteiger partial charge in [-0.2, -0.15) is 0 Å². The Bertz CT molecular complexity index is 454. The molecule has 78 valence electrons. The van der Waals surface area contributed by atoms with E-state index in [0.29, 0.717) is 0 Å². The standard InChI is InChI=1S/C15H11Br/c1-2-15(16,13-9-5-3-6-10-13)14-11-7-4-8-12-14/h1,3-12H. The monoisotopic (exact) mass is 270 g/mol. The largest absolute Gasteiger partial charge is 0.136 e. The lowest BCUT2D eigenvalue weighted by atomic mass is 9.92. The smallest absolute Gasteiger partial charge is 0.118 e. The molecule has 0 saturated carbocycles. The van der Waals surface area contributed by atoms with Crippen LogP contribution in [-0.4, -0.2) is 0 Å². The van der Waals surface area contributed by atoms with Gasteiger partial charge < -0.3 is 0 Å². The molecule has 0 bridgehead atoms. The fraction of sp³-hybridized carbons (Fsp3) is 0.0667. The van der Waals surface area contributed by atoms with Gasteiger partial charge in [0.05, 0.1) is 0 Å². The van der Waals surface area contributed by atoms with Crippen LogP contribution in [0.15, 0.2) is 60.7 Å². The Morgan fingerprint density at radius 3 is 1.50 bits per heavy atom. The minimum Gasteiger partial charge on any atom is -0.118 e. The van der Waals surface area contributed by atoms with Gasteiger partial charge in [0, 0.05) is 0 Å². The summed E-state index contributed by atoms with van der Waals surface area (Å²) in [5, 5.41) is 0. The van der Waals surface area contributed by atoms with E-state index in [2.05, 4.69) is 21.9 Å². The molecular formula is C15H11Br. The van der Waals surface area contributed by atoms with Gasteiger partial charge in [-0.05, 0) is 11.1 Å². The normalized spacial score (nSPS) is 10.8. The zero-order chi connectivity index (χ0) is 11.4. The lowest BCUT2D eigenvalue weighted by Gasteiger charge is -2.22. The third kappa shape index (κ3) is 1.89. The molecule has 2 rings (SSSR count). The molecule has 0 atom stereocenters. The number of alkyl halides is 1. The molecule has 0 amide bonds. The van der Waals surface area contributed by atoms with E-state index in [1.165, 1.54) is 0 Å². The fourth-order valence-corrected chi connectivity index (χ4v) is 2.20. The summed E-state index contributed by atoms with van der Waals surface area (Å²) in [6.45, 7) is 0. The topological polar surface area (TPSA) is 0 Å². The van der Waals surface area contributed by atoms with Crippen molar-refractivity contribution in [1.82, 2.24) is 0 Å². The molecule has 0 fully saturated rings. The maximum absolute atomic E-state index is 5.67. The van der Waals surface area contributed by atoms with Crippen LogP contribution in [0.3, 0.4) is 0 Å². The van der Waals surface area contributed by atoms with Crippen molar-refractivity contribution in [2.24, 2.45) is 0 Å². The predicted octanol–water partition coefficient (Wildman–Crippen LogP) is 3.96.